The van der Waals surface area contributed by atoms with Crippen LogP contribution < -0.4 is 5.32 Å². The molecule has 3 aliphatic rings. The zero-order valence-corrected chi connectivity index (χ0v) is 22.2. The van der Waals surface area contributed by atoms with E-state index in [1.165, 1.54) is 26.0 Å². The first-order valence-corrected chi connectivity index (χ1v) is 12.9. The van der Waals surface area contributed by atoms with Crippen molar-refractivity contribution in [1.82, 2.24) is 5.32 Å². The Bertz CT molecular complexity index is 1250. The van der Waals surface area contributed by atoms with Gasteiger partial charge in [-0.3, -0.25) is 24.0 Å². The normalized spacial score (nSPS) is 28.9. The Morgan fingerprint density at radius 2 is 1.74 bits per heavy atom. The molecule has 39 heavy (non-hydrogen) atoms. The molecule has 0 unspecified atom stereocenters. The lowest BCUT2D eigenvalue weighted by atomic mass is 9.80. The number of carbonyl (C=O) groups is 5. The maximum Gasteiger partial charge on any atom is 0.471 e. The first kappa shape index (κ1) is 29.1. The summed E-state index contributed by atoms with van der Waals surface area (Å²) in [7, 11) is 0. The maximum absolute atomic E-state index is 13.4. The Balaban J connectivity index is 1.64. The molecule has 10 nitrogen and oxygen atoms in total. The van der Waals surface area contributed by atoms with Crippen molar-refractivity contribution in [2.24, 2.45) is 0 Å². The molecule has 14 heteroatoms. The summed E-state index contributed by atoms with van der Waals surface area (Å²) >= 11 is 2.90. The van der Waals surface area contributed by atoms with Gasteiger partial charge < -0.3 is 24.3 Å². The van der Waals surface area contributed by atoms with Gasteiger partial charge in [0.25, 0.3) is 0 Å². The number of ketones is 3. The number of rotatable bonds is 6. The standard InChI is InChI=1S/C25H23BrF3NO9/c1-10(31)16-7-14-19(21(34)13-6-4-3-5-12(13)20(14)33)23(37-16)39-18-8-15(30-24(35)25(27,28)29)22(11(2)36-18)38-17(32)9-26/h3-6,11,15-16,18,22-23H,7-9H2,1-2H3,(H,30,35)/t11-,15-,16-,18-,22+,23+/m0/s1. The number of benzene rings is 1. The molecule has 2 aliphatic heterocycles. The molecule has 0 bridgehead atoms. The monoisotopic (exact) mass is 617 g/mol. The molecule has 0 aromatic heterocycles. The number of esters is 1. The van der Waals surface area contributed by atoms with E-state index in [1.54, 1.807) is 17.4 Å². The van der Waals surface area contributed by atoms with E-state index < -0.39 is 78.8 Å². The van der Waals surface area contributed by atoms with E-state index in [0.29, 0.717) is 0 Å². The van der Waals surface area contributed by atoms with Crippen molar-refractivity contribution in [1.29, 1.82) is 0 Å². The number of amides is 1. The molecule has 1 saturated heterocycles. The summed E-state index contributed by atoms with van der Waals surface area (Å²) in [4.78, 5) is 62.4. The van der Waals surface area contributed by atoms with Crippen LogP contribution in [0.4, 0.5) is 13.2 Å². The van der Waals surface area contributed by atoms with Crippen LogP contribution in [0.25, 0.3) is 0 Å². The van der Waals surface area contributed by atoms with Crippen molar-refractivity contribution >= 4 is 45.2 Å². The number of alkyl halides is 4. The van der Waals surface area contributed by atoms with Gasteiger partial charge in [-0.05, 0) is 13.8 Å². The first-order valence-electron chi connectivity index (χ1n) is 11.8. The van der Waals surface area contributed by atoms with Gasteiger partial charge in [0.15, 0.2) is 29.9 Å². The van der Waals surface area contributed by atoms with Gasteiger partial charge >= 0.3 is 18.1 Å². The lowest BCUT2D eigenvalue weighted by Gasteiger charge is -2.42. The third kappa shape index (κ3) is 5.98. The van der Waals surface area contributed by atoms with Crippen molar-refractivity contribution in [2.75, 3.05) is 5.33 Å². The predicted octanol–water partition coefficient (Wildman–Crippen LogP) is 2.57. The van der Waals surface area contributed by atoms with E-state index in [9.17, 15) is 37.1 Å². The fraction of sp³-hybridized carbons (Fsp3) is 0.480. The zero-order chi connectivity index (χ0) is 28.6. The van der Waals surface area contributed by atoms with Crippen molar-refractivity contribution in [3.05, 3.63) is 46.5 Å². The van der Waals surface area contributed by atoms with Crippen LogP contribution in [0.5, 0.6) is 0 Å². The fourth-order valence-electron chi connectivity index (χ4n) is 4.71. The minimum absolute atomic E-state index is 0.0325. The third-order valence-corrected chi connectivity index (χ3v) is 6.98. The summed E-state index contributed by atoms with van der Waals surface area (Å²) in [6.07, 6.45) is -12.3. The SMILES string of the molecule is CC(=O)[C@@H]1CC2=C(C(=O)c3ccccc3C2=O)[C@@H](O[C@H]2C[C@H](NC(=O)C(F)(F)F)[C@H](OC(=O)CBr)[C@H](C)O2)O1. The topological polar surface area (TPSA) is 134 Å². The second-order valence-corrected chi connectivity index (χ2v) is 9.74. The molecule has 1 aromatic carbocycles. The number of Topliss-reactive ketones (excluding diaryl/α,β-unsaturated/α-hetero) is 3. The van der Waals surface area contributed by atoms with Crippen molar-refractivity contribution in [3.63, 3.8) is 0 Å². The second kappa shape index (κ2) is 11.3. The van der Waals surface area contributed by atoms with Gasteiger partial charge in [0.1, 0.15) is 17.5 Å². The maximum atomic E-state index is 13.4. The molecule has 4 rings (SSSR count). The number of hydrogen-bond donors (Lipinski definition) is 1. The second-order valence-electron chi connectivity index (χ2n) is 9.18. The molecule has 1 N–H and O–H groups in total. The lowest BCUT2D eigenvalue weighted by Crippen LogP contribution is -2.59. The molecule has 1 amide bonds. The first-order chi connectivity index (χ1) is 18.3. The number of nitrogens with one attached hydrogen (secondary N) is 1. The quantitative estimate of drug-likeness (QED) is 0.377. The molecule has 0 spiro atoms. The molecule has 1 fully saturated rings. The summed E-state index contributed by atoms with van der Waals surface area (Å²) in [5.74, 6) is -4.55. The van der Waals surface area contributed by atoms with E-state index in [-0.39, 0.29) is 34.0 Å². The Hall–Kier alpha value is -2.94. The Labute approximate surface area is 228 Å². The lowest BCUT2D eigenvalue weighted by molar-refractivity contribution is -0.284. The number of hydrogen-bond acceptors (Lipinski definition) is 9. The number of ether oxygens (including phenoxy) is 4. The molecule has 6 atom stereocenters. The van der Waals surface area contributed by atoms with Crippen LogP contribution in [-0.2, 0) is 33.3 Å². The molecule has 1 aromatic rings. The zero-order valence-electron chi connectivity index (χ0n) is 20.6. The van der Waals surface area contributed by atoms with Crippen molar-refractivity contribution in [3.8, 4) is 0 Å². The Morgan fingerprint density at radius 3 is 2.33 bits per heavy atom. The minimum Gasteiger partial charge on any atom is -0.457 e. The molecule has 0 radical (unpaired) electrons. The van der Waals surface area contributed by atoms with Gasteiger partial charge in [-0.2, -0.15) is 13.2 Å². The highest BCUT2D eigenvalue weighted by Gasteiger charge is 2.48. The predicted molar refractivity (Wildman–Crippen MR) is 128 cm³/mol. The van der Waals surface area contributed by atoms with E-state index in [2.05, 4.69) is 15.9 Å². The van der Waals surface area contributed by atoms with Crippen LogP contribution in [0, 0.1) is 0 Å². The van der Waals surface area contributed by atoms with Gasteiger partial charge in [-0.15, -0.1) is 0 Å². The summed E-state index contributed by atoms with van der Waals surface area (Å²) in [6, 6.07) is 4.71. The van der Waals surface area contributed by atoms with Crippen LogP contribution >= 0.6 is 15.9 Å². The van der Waals surface area contributed by atoms with Gasteiger partial charge in [-0.1, -0.05) is 40.2 Å². The Kier molecular flexibility index (Phi) is 8.40. The fourth-order valence-corrected chi connectivity index (χ4v) is 4.84. The molecule has 2 heterocycles. The van der Waals surface area contributed by atoms with Crippen LogP contribution in [0.2, 0.25) is 0 Å². The number of carbonyl (C=O) groups excluding carboxylic acids is 5. The molecule has 1 aliphatic carbocycles. The molecule has 210 valence electrons. The summed E-state index contributed by atoms with van der Waals surface area (Å²) in [6.45, 7) is 2.63. The van der Waals surface area contributed by atoms with Crippen LogP contribution in [0.15, 0.2) is 35.4 Å². The van der Waals surface area contributed by atoms with E-state index >= 15 is 0 Å². The summed E-state index contributed by atoms with van der Waals surface area (Å²) in [5.41, 5.74) is 0.161. The highest BCUT2D eigenvalue weighted by atomic mass is 79.9. The van der Waals surface area contributed by atoms with E-state index in [4.69, 9.17) is 18.9 Å². The summed E-state index contributed by atoms with van der Waals surface area (Å²) in [5, 5.41) is 1.55. The molecular formula is C25H23BrF3NO9. The third-order valence-electron chi connectivity index (χ3n) is 6.52. The van der Waals surface area contributed by atoms with Gasteiger partial charge in [0.2, 0.25) is 0 Å². The highest BCUT2D eigenvalue weighted by molar-refractivity contribution is 9.09. The highest BCUT2D eigenvalue weighted by Crippen LogP contribution is 2.38. The molecule has 0 saturated carbocycles. The van der Waals surface area contributed by atoms with Crippen molar-refractivity contribution < 1.29 is 56.1 Å². The minimum atomic E-state index is -5.22. The van der Waals surface area contributed by atoms with Crippen LogP contribution in [-0.4, -0.2) is 77.7 Å². The van der Waals surface area contributed by atoms with Crippen LogP contribution in [0.1, 0.15) is 47.4 Å². The summed E-state index contributed by atoms with van der Waals surface area (Å²) < 4.78 is 61.5. The smallest absolute Gasteiger partial charge is 0.457 e. The van der Waals surface area contributed by atoms with E-state index in [1.807, 2.05) is 0 Å². The van der Waals surface area contributed by atoms with Gasteiger partial charge in [-0.25, -0.2) is 0 Å². The number of halogens is 4. The van der Waals surface area contributed by atoms with Gasteiger partial charge in [0.05, 0.1) is 17.7 Å². The van der Waals surface area contributed by atoms with Gasteiger partial charge in [0, 0.05) is 29.5 Å². The molecular weight excluding hydrogens is 595 g/mol. The average Bonchev–Trinajstić information content (AvgIpc) is 2.88. The van der Waals surface area contributed by atoms with Crippen molar-refractivity contribution in [2.45, 2.75) is 69.8 Å². The average molecular weight is 618 g/mol. The van der Waals surface area contributed by atoms with E-state index in [0.717, 1.165) is 0 Å². The van der Waals surface area contributed by atoms with Crippen LogP contribution in [0.3, 0.4) is 0 Å². The Morgan fingerprint density at radius 1 is 1.10 bits per heavy atom. The largest absolute Gasteiger partial charge is 0.471 e. The number of fused-ring (bicyclic) bond motifs is 1.